The molecule has 1 unspecified atom stereocenters. The first-order chi connectivity index (χ1) is 15.8. The van der Waals surface area contributed by atoms with Crippen LogP contribution >= 0.6 is 11.8 Å². The van der Waals surface area contributed by atoms with Crippen LogP contribution in [0.5, 0.6) is 0 Å². The summed E-state index contributed by atoms with van der Waals surface area (Å²) in [6.07, 6.45) is 20.9. The lowest BCUT2D eigenvalue weighted by molar-refractivity contribution is -0.140. The number of thioether (sulfide) groups is 1. The number of aliphatic carboxylic acids is 2. The molecule has 0 fully saturated rings. The fourth-order valence-electron chi connectivity index (χ4n) is 2.81. The molecule has 33 heavy (non-hydrogen) atoms. The number of carbonyl (C=O) groups is 3. The van der Waals surface area contributed by atoms with Gasteiger partial charge in [-0.15, -0.1) is 11.8 Å². The summed E-state index contributed by atoms with van der Waals surface area (Å²) in [5, 5.41) is 30.5. The van der Waals surface area contributed by atoms with Crippen LogP contribution in [-0.2, 0) is 14.4 Å². The van der Waals surface area contributed by atoms with Crippen LogP contribution < -0.4 is 5.32 Å². The van der Waals surface area contributed by atoms with Crippen molar-refractivity contribution >= 4 is 29.6 Å². The number of hydrogen-bond acceptors (Lipinski definition) is 5. The normalized spacial score (nSPS) is 14.9. The van der Waals surface area contributed by atoms with E-state index in [2.05, 4.69) is 24.4 Å². The lowest BCUT2D eigenvalue weighted by atomic mass is 10.1. The number of nitrogens with one attached hydrogen (secondary N) is 1. The molecule has 186 valence electrons. The number of carboxylic acid groups (broad SMARTS) is 2. The Bertz CT molecular complexity index is 686. The first-order valence-corrected chi connectivity index (χ1v) is 12.5. The Labute approximate surface area is 201 Å². The molecular weight excluding hydrogens is 442 g/mol. The molecule has 3 atom stereocenters. The van der Waals surface area contributed by atoms with Gasteiger partial charge < -0.3 is 20.6 Å². The van der Waals surface area contributed by atoms with Crippen molar-refractivity contribution in [2.24, 2.45) is 0 Å². The van der Waals surface area contributed by atoms with E-state index in [1.165, 1.54) is 37.9 Å². The minimum atomic E-state index is -1.15. The van der Waals surface area contributed by atoms with Crippen molar-refractivity contribution in [3.8, 4) is 0 Å². The number of aliphatic hydroxyl groups excluding tert-OH is 1. The predicted octanol–water partition coefficient (Wildman–Crippen LogP) is 4.49. The molecule has 0 aliphatic heterocycles. The number of carboxylic acids is 2. The molecule has 7 nitrogen and oxygen atoms in total. The van der Waals surface area contributed by atoms with E-state index in [-0.39, 0.29) is 18.6 Å². The highest BCUT2D eigenvalue weighted by Crippen LogP contribution is 2.21. The maximum Gasteiger partial charge on any atom is 0.327 e. The standard InChI is InChI=1S/C25H39NO6S/c1-3-4-5-6-7-8-9-10-11-12-13-14-17-23(22(28)16-15-18-24(29)30)33-19-21(25(31)32)26-20(2)27/h7-8,10-14,17,21-23,28H,3-6,9,15-16,18-19H2,1-2H3,(H,26,27)(H,29,30)(H,31,32)/b8-7-,11-10-,13-12+,17-14+/t21?,22-,23+/m0/s1. The summed E-state index contributed by atoms with van der Waals surface area (Å²) in [7, 11) is 0. The molecule has 0 aliphatic rings. The quantitative estimate of drug-likeness (QED) is 0.122. The van der Waals surface area contributed by atoms with E-state index >= 15 is 0 Å². The van der Waals surface area contributed by atoms with Crippen LogP contribution in [0.3, 0.4) is 0 Å². The first kappa shape index (κ1) is 30.7. The molecule has 0 bridgehead atoms. The van der Waals surface area contributed by atoms with Crippen LogP contribution in [0.25, 0.3) is 0 Å². The van der Waals surface area contributed by atoms with Crippen molar-refractivity contribution in [2.45, 2.75) is 82.6 Å². The largest absolute Gasteiger partial charge is 0.481 e. The summed E-state index contributed by atoms with van der Waals surface area (Å²) in [4.78, 5) is 33.3. The highest BCUT2D eigenvalue weighted by atomic mass is 32.2. The van der Waals surface area contributed by atoms with E-state index in [9.17, 15) is 24.6 Å². The molecule has 0 aliphatic carbocycles. The zero-order valence-electron chi connectivity index (χ0n) is 19.7. The van der Waals surface area contributed by atoms with Gasteiger partial charge in [-0.2, -0.15) is 0 Å². The van der Waals surface area contributed by atoms with Gasteiger partial charge in [0.15, 0.2) is 0 Å². The molecule has 4 N–H and O–H groups in total. The van der Waals surface area contributed by atoms with Gasteiger partial charge >= 0.3 is 11.9 Å². The third-order valence-electron chi connectivity index (χ3n) is 4.58. The van der Waals surface area contributed by atoms with Crippen molar-refractivity contribution in [1.82, 2.24) is 5.32 Å². The number of hydrogen-bond donors (Lipinski definition) is 4. The smallest absolute Gasteiger partial charge is 0.327 e. The Kier molecular flexibility index (Phi) is 18.9. The summed E-state index contributed by atoms with van der Waals surface area (Å²) in [6.45, 7) is 3.44. The van der Waals surface area contributed by atoms with Gasteiger partial charge in [0, 0.05) is 24.3 Å². The summed E-state index contributed by atoms with van der Waals surface area (Å²) in [5.41, 5.74) is 0. The average Bonchev–Trinajstić information content (AvgIpc) is 2.74. The Morgan fingerprint density at radius 2 is 1.70 bits per heavy atom. The monoisotopic (exact) mass is 481 g/mol. The Balaban J connectivity index is 4.78. The van der Waals surface area contributed by atoms with Crippen LogP contribution in [0.15, 0.2) is 48.6 Å². The third-order valence-corrected chi connectivity index (χ3v) is 5.97. The minimum Gasteiger partial charge on any atom is -0.481 e. The molecule has 8 heteroatoms. The van der Waals surface area contributed by atoms with E-state index in [1.54, 1.807) is 12.2 Å². The third kappa shape index (κ3) is 18.9. The summed E-state index contributed by atoms with van der Waals surface area (Å²) >= 11 is 1.21. The van der Waals surface area contributed by atoms with Crippen molar-refractivity contribution in [2.75, 3.05) is 5.75 Å². The molecule has 0 aromatic carbocycles. The van der Waals surface area contributed by atoms with Crippen molar-refractivity contribution in [1.29, 1.82) is 0 Å². The molecule has 0 spiro atoms. The van der Waals surface area contributed by atoms with Gasteiger partial charge in [0.25, 0.3) is 0 Å². The lowest BCUT2D eigenvalue weighted by Gasteiger charge is -2.21. The van der Waals surface area contributed by atoms with Crippen LogP contribution in [-0.4, -0.2) is 56.3 Å². The maximum atomic E-state index is 11.3. The topological polar surface area (TPSA) is 124 Å². The molecule has 0 saturated heterocycles. The number of amides is 1. The van der Waals surface area contributed by atoms with Crippen molar-refractivity contribution in [3.63, 3.8) is 0 Å². The summed E-state index contributed by atoms with van der Waals surface area (Å²) < 4.78 is 0. The molecular formula is C25H39NO6S. The van der Waals surface area contributed by atoms with Gasteiger partial charge in [-0.05, 0) is 32.1 Å². The molecule has 0 radical (unpaired) electrons. The van der Waals surface area contributed by atoms with Gasteiger partial charge in [0.05, 0.1) is 6.10 Å². The lowest BCUT2D eigenvalue weighted by Crippen LogP contribution is -2.42. The zero-order valence-corrected chi connectivity index (χ0v) is 20.5. The second kappa shape index (κ2) is 20.3. The highest BCUT2D eigenvalue weighted by molar-refractivity contribution is 8.00. The second-order valence-corrected chi connectivity index (χ2v) is 8.85. The van der Waals surface area contributed by atoms with Crippen LogP contribution in [0.2, 0.25) is 0 Å². The van der Waals surface area contributed by atoms with Gasteiger partial charge in [-0.1, -0.05) is 68.4 Å². The fourth-order valence-corrected chi connectivity index (χ4v) is 4.01. The fraction of sp³-hybridized carbons (Fsp3) is 0.560. The minimum absolute atomic E-state index is 0.0421. The van der Waals surface area contributed by atoms with E-state index in [4.69, 9.17) is 5.11 Å². The van der Waals surface area contributed by atoms with E-state index < -0.39 is 35.2 Å². The van der Waals surface area contributed by atoms with Crippen LogP contribution in [0.4, 0.5) is 0 Å². The molecule has 0 aromatic heterocycles. The van der Waals surface area contributed by atoms with Gasteiger partial charge in [0.1, 0.15) is 6.04 Å². The molecule has 0 heterocycles. The van der Waals surface area contributed by atoms with E-state index in [1.807, 2.05) is 24.3 Å². The molecule has 1 amide bonds. The second-order valence-electron chi connectivity index (χ2n) is 7.64. The Morgan fingerprint density at radius 3 is 2.33 bits per heavy atom. The van der Waals surface area contributed by atoms with Crippen LogP contribution in [0.1, 0.15) is 65.2 Å². The zero-order chi connectivity index (χ0) is 24.9. The van der Waals surface area contributed by atoms with Crippen molar-refractivity contribution < 1.29 is 29.7 Å². The Hall–Kier alpha value is -2.32. The van der Waals surface area contributed by atoms with E-state index in [0.29, 0.717) is 6.42 Å². The summed E-state index contributed by atoms with van der Waals surface area (Å²) in [5.74, 6) is -2.44. The SMILES string of the molecule is CCCCC/C=C\C\C=C/C=C/C=C/[C@@H](SCC(NC(C)=O)C(=O)O)[C@@H](O)CCCC(=O)O. The predicted molar refractivity (Wildman–Crippen MR) is 134 cm³/mol. The molecule has 0 aromatic rings. The Morgan fingerprint density at radius 1 is 0.970 bits per heavy atom. The van der Waals surface area contributed by atoms with E-state index in [0.717, 1.165) is 12.8 Å². The first-order valence-electron chi connectivity index (χ1n) is 11.4. The number of carbonyl (C=O) groups excluding carboxylic acids is 1. The molecule has 0 saturated carbocycles. The van der Waals surface area contributed by atoms with Crippen molar-refractivity contribution in [3.05, 3.63) is 48.6 Å². The summed E-state index contributed by atoms with van der Waals surface area (Å²) in [6, 6.07) is -1.07. The number of unbranched alkanes of at least 4 members (excludes halogenated alkanes) is 3. The highest BCUT2D eigenvalue weighted by Gasteiger charge is 2.23. The number of aliphatic hydroxyl groups is 1. The van der Waals surface area contributed by atoms with Crippen LogP contribution in [0, 0.1) is 0 Å². The number of rotatable bonds is 19. The molecule has 0 rings (SSSR count). The average molecular weight is 482 g/mol. The van der Waals surface area contributed by atoms with Gasteiger partial charge in [0.2, 0.25) is 5.91 Å². The number of allylic oxidation sites excluding steroid dienone is 7. The maximum absolute atomic E-state index is 11.3. The van der Waals surface area contributed by atoms with Gasteiger partial charge in [-0.3, -0.25) is 9.59 Å². The van der Waals surface area contributed by atoms with Gasteiger partial charge in [-0.25, -0.2) is 4.79 Å².